The number of aryl methyl sites for hydroxylation is 1. The van der Waals surface area contributed by atoms with Crippen LogP contribution in [0.1, 0.15) is 5.56 Å². The fraction of sp³-hybridized carbons (Fsp3) is 0.0114. The smallest absolute Gasteiger partial charge is 0.252 e. The lowest BCUT2D eigenvalue weighted by molar-refractivity contribution is 1.06. The van der Waals surface area contributed by atoms with Crippen molar-refractivity contribution in [1.82, 2.24) is 19.5 Å². The van der Waals surface area contributed by atoms with Crippen LogP contribution in [0.15, 0.2) is 346 Å². The van der Waals surface area contributed by atoms with Gasteiger partial charge in [-0.15, -0.1) is 0 Å². The highest BCUT2D eigenvalue weighted by Crippen LogP contribution is 2.47. The standard InChI is InChI=1S/C88H60BN7/c1-59-47-53-78-74(55-59)75-58-71(93(67-33-11-4-12-34-67)68-35-13-5-14-36-68)52-54-79(75)96(78)85-72(39-23-40-73(85)88-91-86(61-25-7-2-8-26-61)90-87(92-88)62-27-9-3-10-28-62)66-32-22-31-65(57-66)64-30-21-29-63(56-64)60-48-50-70(51-49-60)95-81-44-20-18-42-77(81)89-76-41-17-19-43-80(76)94(69-37-15-6-16-38-69)82-45-24-46-83(95)84(82)89/h2-58H,1H3. The van der Waals surface area contributed by atoms with Crippen molar-refractivity contribution in [1.29, 1.82) is 0 Å². The van der Waals surface area contributed by atoms with E-state index in [1.165, 1.54) is 44.7 Å². The molecule has 16 aromatic rings. The fourth-order valence-electron chi connectivity index (χ4n) is 14.7. The Hall–Kier alpha value is -12.6. The molecule has 0 atom stereocenters. The third-order valence-electron chi connectivity index (χ3n) is 19.0. The number of fused-ring (bicyclic) bond motifs is 7. The van der Waals surface area contributed by atoms with Gasteiger partial charge in [-0.25, -0.2) is 15.0 Å². The number of rotatable bonds is 12. The normalized spacial score (nSPS) is 12.2. The van der Waals surface area contributed by atoms with Gasteiger partial charge in [0.25, 0.3) is 6.71 Å². The SMILES string of the molecule is Cc1ccc2c(c1)c1cc(N(c3ccccc3)c3ccccc3)ccc1n2-c1c(-c2cccc(-c3cccc(-c4ccc(N5c6ccccc6B6c7ccccc7N(c7ccccc7)c7cccc5c76)cc4)c3)c2)cccc1-c1nc(-c2ccccc2)nc(-c2ccccc2)n1. The minimum atomic E-state index is 0.0803. The van der Waals surface area contributed by atoms with Gasteiger partial charge in [-0.05, 0) is 172 Å². The second-order valence-corrected chi connectivity index (χ2v) is 24.8. The van der Waals surface area contributed by atoms with Crippen molar-refractivity contribution >= 4 is 96.1 Å². The van der Waals surface area contributed by atoms with Crippen molar-refractivity contribution in [2.75, 3.05) is 14.7 Å². The van der Waals surface area contributed by atoms with Crippen LogP contribution >= 0.6 is 0 Å². The molecule has 8 heteroatoms. The summed E-state index contributed by atoms with van der Waals surface area (Å²) in [5, 5.41) is 2.27. The van der Waals surface area contributed by atoms with E-state index in [0.29, 0.717) is 17.5 Å². The Balaban J connectivity index is 0.769. The van der Waals surface area contributed by atoms with E-state index in [0.717, 1.165) is 106 Å². The fourth-order valence-corrected chi connectivity index (χ4v) is 14.7. The molecule has 0 unspecified atom stereocenters. The van der Waals surface area contributed by atoms with Gasteiger partial charge in [-0.1, -0.05) is 230 Å². The van der Waals surface area contributed by atoms with Crippen molar-refractivity contribution < 1.29 is 0 Å². The maximum absolute atomic E-state index is 5.43. The molecule has 0 N–H and O–H groups in total. The number of aromatic nitrogens is 4. The number of anilines is 9. The number of nitrogens with zero attached hydrogens (tertiary/aromatic N) is 7. The monoisotopic (exact) mass is 1230 g/mol. The Morgan fingerprint density at radius 3 is 1.31 bits per heavy atom. The highest BCUT2D eigenvalue weighted by molar-refractivity contribution is 7.00. The minimum Gasteiger partial charge on any atom is -0.311 e. The van der Waals surface area contributed by atoms with Crippen LogP contribution in [0.25, 0.3) is 95.0 Å². The van der Waals surface area contributed by atoms with Crippen LogP contribution < -0.4 is 31.1 Å². The van der Waals surface area contributed by atoms with Crippen LogP contribution in [0.4, 0.5) is 51.2 Å². The van der Waals surface area contributed by atoms with Crippen LogP contribution in [0.5, 0.6) is 0 Å². The molecule has 0 saturated carbocycles. The van der Waals surface area contributed by atoms with Crippen LogP contribution in [-0.4, -0.2) is 26.2 Å². The van der Waals surface area contributed by atoms with Crippen molar-refractivity contribution in [3.05, 3.63) is 351 Å². The molecule has 450 valence electrons. The lowest BCUT2D eigenvalue weighted by Gasteiger charge is -2.44. The van der Waals surface area contributed by atoms with Crippen molar-refractivity contribution in [3.63, 3.8) is 0 Å². The topological polar surface area (TPSA) is 53.3 Å². The third-order valence-corrected chi connectivity index (χ3v) is 19.0. The molecule has 2 aliphatic heterocycles. The van der Waals surface area contributed by atoms with E-state index in [1.54, 1.807) is 0 Å². The van der Waals surface area contributed by atoms with Gasteiger partial charge >= 0.3 is 0 Å². The molecule has 7 nitrogen and oxygen atoms in total. The quantitative estimate of drug-likeness (QED) is 0.114. The summed E-state index contributed by atoms with van der Waals surface area (Å²) in [6.07, 6.45) is 0. The molecule has 96 heavy (non-hydrogen) atoms. The molecule has 0 radical (unpaired) electrons. The first-order chi connectivity index (χ1) is 47.5. The van der Waals surface area contributed by atoms with Gasteiger partial charge in [0, 0.05) is 84.2 Å². The largest absolute Gasteiger partial charge is 0.311 e. The van der Waals surface area contributed by atoms with E-state index in [9.17, 15) is 0 Å². The summed E-state index contributed by atoms with van der Waals surface area (Å²) in [4.78, 5) is 23.3. The van der Waals surface area contributed by atoms with Gasteiger partial charge < -0.3 is 19.3 Å². The first-order valence-electron chi connectivity index (χ1n) is 32.8. The predicted octanol–water partition coefficient (Wildman–Crippen LogP) is 20.8. The highest BCUT2D eigenvalue weighted by Gasteiger charge is 2.43. The Morgan fingerprint density at radius 1 is 0.292 bits per heavy atom. The number of para-hydroxylation sites is 6. The maximum Gasteiger partial charge on any atom is 0.252 e. The van der Waals surface area contributed by atoms with Crippen LogP contribution in [0.3, 0.4) is 0 Å². The Bertz CT molecular complexity index is 5530. The molecule has 18 rings (SSSR count). The van der Waals surface area contributed by atoms with Crippen LogP contribution in [0, 0.1) is 6.92 Å². The van der Waals surface area contributed by atoms with Crippen molar-refractivity contribution in [2.45, 2.75) is 6.92 Å². The molecule has 0 aliphatic carbocycles. The zero-order valence-corrected chi connectivity index (χ0v) is 52.6. The number of benzene rings is 14. The zero-order chi connectivity index (χ0) is 63.6. The molecule has 0 saturated heterocycles. The minimum absolute atomic E-state index is 0.0803. The van der Waals surface area contributed by atoms with Gasteiger partial charge in [0.15, 0.2) is 17.5 Å². The Kier molecular flexibility index (Phi) is 13.7. The highest BCUT2D eigenvalue weighted by atomic mass is 15.2. The molecule has 2 aromatic heterocycles. The summed E-state index contributed by atoms with van der Waals surface area (Å²) in [6, 6.07) is 125. The Labute approximate surface area is 558 Å². The maximum atomic E-state index is 5.43. The van der Waals surface area contributed by atoms with Crippen molar-refractivity contribution in [2.24, 2.45) is 0 Å². The molecule has 0 spiro atoms. The van der Waals surface area contributed by atoms with E-state index < -0.39 is 0 Å². The molecular weight excluding hydrogens is 1170 g/mol. The van der Waals surface area contributed by atoms with E-state index in [1.807, 2.05) is 36.4 Å². The van der Waals surface area contributed by atoms with E-state index in [-0.39, 0.29) is 6.71 Å². The molecule has 0 fully saturated rings. The summed E-state index contributed by atoms with van der Waals surface area (Å²) in [7, 11) is 0. The summed E-state index contributed by atoms with van der Waals surface area (Å²) in [5.74, 6) is 1.77. The van der Waals surface area contributed by atoms with Crippen LogP contribution in [-0.2, 0) is 0 Å². The molecule has 2 aliphatic rings. The summed E-state index contributed by atoms with van der Waals surface area (Å²) in [6.45, 7) is 2.26. The molecule has 0 amide bonds. The van der Waals surface area contributed by atoms with Gasteiger partial charge in [0.05, 0.1) is 16.7 Å². The molecule has 0 bridgehead atoms. The zero-order valence-electron chi connectivity index (χ0n) is 52.6. The molecule has 14 aromatic carbocycles. The van der Waals surface area contributed by atoms with E-state index >= 15 is 0 Å². The Morgan fingerprint density at radius 2 is 0.719 bits per heavy atom. The molecule has 4 heterocycles. The van der Waals surface area contributed by atoms with Gasteiger partial charge in [-0.2, -0.15) is 0 Å². The van der Waals surface area contributed by atoms with E-state index in [4.69, 9.17) is 15.0 Å². The van der Waals surface area contributed by atoms with Gasteiger partial charge in [-0.3, -0.25) is 0 Å². The first-order valence-corrected chi connectivity index (χ1v) is 32.8. The number of hydrogen-bond acceptors (Lipinski definition) is 6. The average Bonchev–Trinajstić information content (AvgIpc) is 0.723. The van der Waals surface area contributed by atoms with Gasteiger partial charge in [0.2, 0.25) is 0 Å². The second-order valence-electron chi connectivity index (χ2n) is 24.8. The summed E-state index contributed by atoms with van der Waals surface area (Å²) >= 11 is 0. The number of hydrogen-bond donors (Lipinski definition) is 0. The lowest BCUT2D eigenvalue weighted by Crippen LogP contribution is -2.61. The average molecular weight is 1230 g/mol. The predicted molar refractivity (Wildman–Crippen MR) is 400 cm³/mol. The summed E-state index contributed by atoms with van der Waals surface area (Å²) < 4.78 is 2.45. The van der Waals surface area contributed by atoms with Crippen molar-refractivity contribution in [3.8, 4) is 73.2 Å². The lowest BCUT2D eigenvalue weighted by atomic mass is 9.33. The van der Waals surface area contributed by atoms with Gasteiger partial charge in [0.1, 0.15) is 0 Å². The summed E-state index contributed by atoms with van der Waals surface area (Å²) in [5.41, 5.74) is 27.7. The first kappa shape index (κ1) is 56.1. The van der Waals surface area contributed by atoms with Crippen LogP contribution in [0.2, 0.25) is 0 Å². The van der Waals surface area contributed by atoms with E-state index in [2.05, 4.69) is 336 Å². The second kappa shape index (κ2) is 23.5. The molecular formula is C88H60BN7. The third kappa shape index (κ3) is 9.65.